The average Bonchev–Trinajstić information content (AvgIpc) is 2.84. The van der Waals surface area contributed by atoms with E-state index >= 15 is 0 Å². The van der Waals surface area contributed by atoms with Crippen molar-refractivity contribution in [3.63, 3.8) is 0 Å². The van der Waals surface area contributed by atoms with Gasteiger partial charge in [0.25, 0.3) is 0 Å². The van der Waals surface area contributed by atoms with Crippen molar-refractivity contribution < 1.29 is 17.9 Å². The van der Waals surface area contributed by atoms with Crippen molar-refractivity contribution in [1.82, 2.24) is 14.5 Å². The van der Waals surface area contributed by atoms with Crippen LogP contribution in [-0.2, 0) is 14.8 Å². The number of piperazine rings is 1. The van der Waals surface area contributed by atoms with Gasteiger partial charge in [0.1, 0.15) is 5.75 Å². The molecule has 0 spiro atoms. The number of aromatic nitrogens is 2. The first-order chi connectivity index (χ1) is 15.9. The molecule has 0 aliphatic carbocycles. The molecule has 0 unspecified atom stereocenters. The molecule has 0 saturated carbocycles. The van der Waals surface area contributed by atoms with Crippen molar-refractivity contribution >= 4 is 27.4 Å². The number of benzene rings is 2. The van der Waals surface area contributed by atoms with Crippen LogP contribution in [-0.4, -0.2) is 62.1 Å². The van der Waals surface area contributed by atoms with Gasteiger partial charge in [0.2, 0.25) is 15.9 Å². The highest BCUT2D eigenvalue weighted by molar-refractivity contribution is 7.89. The molecule has 1 amide bonds. The number of nitrogens with one attached hydrogen (secondary N) is 1. The molecule has 1 aliphatic heterocycles. The number of anilines is 2. The van der Waals surface area contributed by atoms with E-state index in [4.69, 9.17) is 4.74 Å². The second-order valence-electron chi connectivity index (χ2n) is 7.57. The van der Waals surface area contributed by atoms with Gasteiger partial charge in [-0.15, -0.1) is 10.2 Å². The van der Waals surface area contributed by atoms with Gasteiger partial charge < -0.3 is 15.0 Å². The first-order valence-corrected chi connectivity index (χ1v) is 11.9. The maximum Gasteiger partial charge on any atom is 0.243 e. The predicted molar refractivity (Wildman–Crippen MR) is 126 cm³/mol. The van der Waals surface area contributed by atoms with Crippen molar-refractivity contribution in [3.05, 3.63) is 60.7 Å². The highest BCUT2D eigenvalue weighted by Gasteiger charge is 2.29. The molecule has 1 aliphatic rings. The zero-order chi connectivity index (χ0) is 23.4. The first-order valence-electron chi connectivity index (χ1n) is 10.5. The lowest BCUT2D eigenvalue weighted by Gasteiger charge is -2.34. The van der Waals surface area contributed by atoms with Gasteiger partial charge in [-0.1, -0.05) is 12.1 Å². The highest BCUT2D eigenvalue weighted by Crippen LogP contribution is 2.28. The maximum atomic E-state index is 13.0. The Hall–Kier alpha value is -3.50. The van der Waals surface area contributed by atoms with Crippen LogP contribution in [0.1, 0.15) is 6.92 Å². The molecule has 0 bridgehead atoms. The molecule has 10 heteroatoms. The van der Waals surface area contributed by atoms with Crippen LogP contribution in [0.25, 0.3) is 11.3 Å². The summed E-state index contributed by atoms with van der Waals surface area (Å²) in [6.07, 6.45) is 0. The summed E-state index contributed by atoms with van der Waals surface area (Å²) < 4.78 is 32.9. The van der Waals surface area contributed by atoms with Crippen LogP contribution in [0.5, 0.6) is 5.75 Å². The molecule has 0 atom stereocenters. The third-order valence-electron chi connectivity index (χ3n) is 5.41. The van der Waals surface area contributed by atoms with Crippen LogP contribution in [0, 0.1) is 0 Å². The minimum absolute atomic E-state index is 0.200. The monoisotopic (exact) mass is 467 g/mol. The molecule has 3 aromatic rings. The third kappa shape index (κ3) is 4.96. The molecule has 4 rings (SSSR count). The van der Waals surface area contributed by atoms with Crippen LogP contribution in [0.4, 0.5) is 11.5 Å². The molecule has 1 aromatic heterocycles. The fourth-order valence-electron chi connectivity index (χ4n) is 3.71. The SMILES string of the molecule is COc1ccccc1-c1ccc(N2CCN(S(=O)(=O)c3ccc(NC(C)=O)cc3)CC2)nn1. The largest absolute Gasteiger partial charge is 0.496 e. The second kappa shape index (κ2) is 9.55. The molecule has 2 aromatic carbocycles. The molecule has 1 fully saturated rings. The molecule has 172 valence electrons. The Balaban J connectivity index is 1.41. The zero-order valence-corrected chi connectivity index (χ0v) is 19.2. The molecular formula is C23H25N5O4S. The normalized spacial score (nSPS) is 14.7. The quantitative estimate of drug-likeness (QED) is 0.594. The van der Waals surface area contributed by atoms with E-state index in [1.165, 1.54) is 23.4 Å². The Labute approximate surface area is 193 Å². The molecule has 1 N–H and O–H groups in total. The first kappa shape index (κ1) is 22.7. The number of hydrogen-bond donors (Lipinski definition) is 1. The summed E-state index contributed by atoms with van der Waals surface area (Å²) in [5, 5.41) is 11.3. The van der Waals surface area contributed by atoms with Crippen molar-refractivity contribution in [1.29, 1.82) is 0 Å². The Kier molecular flexibility index (Phi) is 6.57. The maximum absolute atomic E-state index is 13.0. The van der Waals surface area contributed by atoms with Gasteiger partial charge in [-0.2, -0.15) is 4.31 Å². The summed E-state index contributed by atoms with van der Waals surface area (Å²) in [6, 6.07) is 17.6. The number of hydrogen-bond acceptors (Lipinski definition) is 7. The lowest BCUT2D eigenvalue weighted by atomic mass is 10.1. The van der Waals surface area contributed by atoms with Crippen LogP contribution in [0.15, 0.2) is 65.6 Å². The van der Waals surface area contributed by atoms with Crippen molar-refractivity contribution in [2.24, 2.45) is 0 Å². The molecule has 2 heterocycles. The van der Waals surface area contributed by atoms with E-state index in [9.17, 15) is 13.2 Å². The highest BCUT2D eigenvalue weighted by atomic mass is 32.2. The lowest BCUT2D eigenvalue weighted by Crippen LogP contribution is -2.49. The van der Waals surface area contributed by atoms with Gasteiger partial charge in [0.05, 0.1) is 17.7 Å². The second-order valence-corrected chi connectivity index (χ2v) is 9.51. The lowest BCUT2D eigenvalue weighted by molar-refractivity contribution is -0.114. The summed E-state index contributed by atoms with van der Waals surface area (Å²) in [5.74, 6) is 1.22. The Bertz CT molecular complexity index is 1220. The predicted octanol–water partition coefficient (Wildman–Crippen LogP) is 2.62. The van der Waals surface area contributed by atoms with Crippen molar-refractivity contribution in [2.75, 3.05) is 43.5 Å². The van der Waals surface area contributed by atoms with Gasteiger partial charge >= 0.3 is 0 Å². The molecule has 9 nitrogen and oxygen atoms in total. The number of nitrogens with zero attached hydrogens (tertiary/aromatic N) is 4. The van der Waals surface area contributed by atoms with Crippen LogP contribution in [0.2, 0.25) is 0 Å². The summed E-state index contributed by atoms with van der Waals surface area (Å²) in [6.45, 7) is 3.09. The van der Waals surface area contributed by atoms with E-state index in [0.29, 0.717) is 43.4 Å². The van der Waals surface area contributed by atoms with E-state index in [2.05, 4.69) is 15.5 Å². The Morgan fingerprint density at radius 1 is 0.939 bits per heavy atom. The number of rotatable bonds is 6. The summed E-state index contributed by atoms with van der Waals surface area (Å²) >= 11 is 0. The molecular weight excluding hydrogens is 442 g/mol. The van der Waals surface area contributed by atoms with E-state index in [1.54, 1.807) is 19.2 Å². The zero-order valence-electron chi connectivity index (χ0n) is 18.4. The molecule has 0 radical (unpaired) electrons. The van der Waals surface area contributed by atoms with E-state index in [-0.39, 0.29) is 10.8 Å². The molecule has 33 heavy (non-hydrogen) atoms. The van der Waals surface area contributed by atoms with Gasteiger partial charge in [-0.25, -0.2) is 8.42 Å². The minimum Gasteiger partial charge on any atom is -0.496 e. The fourth-order valence-corrected chi connectivity index (χ4v) is 5.14. The van der Waals surface area contributed by atoms with Gasteiger partial charge in [0.15, 0.2) is 5.82 Å². The average molecular weight is 468 g/mol. The van der Waals surface area contributed by atoms with E-state index in [1.807, 2.05) is 41.3 Å². The smallest absolute Gasteiger partial charge is 0.243 e. The fraction of sp³-hybridized carbons (Fsp3) is 0.261. The van der Waals surface area contributed by atoms with Crippen LogP contribution >= 0.6 is 0 Å². The van der Waals surface area contributed by atoms with Crippen LogP contribution in [0.3, 0.4) is 0 Å². The van der Waals surface area contributed by atoms with Crippen LogP contribution < -0.4 is 15.0 Å². The number of carbonyl (C=O) groups excluding carboxylic acids is 1. The summed E-state index contributed by atoms with van der Waals surface area (Å²) in [7, 11) is -2.00. The summed E-state index contributed by atoms with van der Waals surface area (Å²) in [5.41, 5.74) is 2.13. The van der Waals surface area contributed by atoms with E-state index in [0.717, 1.165) is 11.3 Å². The minimum atomic E-state index is -3.62. The van der Waals surface area contributed by atoms with Gasteiger partial charge in [0, 0.05) is 44.4 Å². The van der Waals surface area contributed by atoms with Gasteiger partial charge in [-0.3, -0.25) is 4.79 Å². The van der Waals surface area contributed by atoms with Crippen molar-refractivity contribution in [3.8, 4) is 17.0 Å². The number of sulfonamides is 1. The number of amides is 1. The van der Waals surface area contributed by atoms with E-state index < -0.39 is 10.0 Å². The number of ether oxygens (including phenoxy) is 1. The third-order valence-corrected chi connectivity index (χ3v) is 7.32. The summed E-state index contributed by atoms with van der Waals surface area (Å²) in [4.78, 5) is 13.4. The number of para-hydroxylation sites is 1. The van der Waals surface area contributed by atoms with Gasteiger partial charge in [-0.05, 0) is 48.5 Å². The Morgan fingerprint density at radius 2 is 1.64 bits per heavy atom. The van der Waals surface area contributed by atoms with Crippen molar-refractivity contribution in [2.45, 2.75) is 11.8 Å². The standard InChI is InChI=1S/C23H25N5O4S/c1-17(29)24-18-7-9-19(10-8-18)33(30,31)28-15-13-27(14-16-28)23-12-11-21(25-26-23)20-5-3-4-6-22(20)32-2/h3-12H,13-16H2,1-2H3,(H,24,29). The number of methoxy groups -OCH3 is 1. The molecule has 1 saturated heterocycles. The number of carbonyl (C=O) groups is 1. The topological polar surface area (TPSA) is 105 Å². The Morgan fingerprint density at radius 3 is 2.24 bits per heavy atom.